The predicted molar refractivity (Wildman–Crippen MR) is 164 cm³/mol. The van der Waals surface area contributed by atoms with Crippen molar-refractivity contribution in [2.45, 2.75) is 38.8 Å². The van der Waals surface area contributed by atoms with Gasteiger partial charge in [0.1, 0.15) is 17.5 Å². The Kier molecular flexibility index (Phi) is 9.64. The molecule has 3 N–H and O–H groups in total. The van der Waals surface area contributed by atoms with Gasteiger partial charge in [-0.3, -0.25) is 14.4 Å². The highest BCUT2D eigenvalue weighted by molar-refractivity contribution is 5.97. The van der Waals surface area contributed by atoms with Crippen LogP contribution < -0.4 is 45.1 Å². The Labute approximate surface area is 250 Å². The van der Waals surface area contributed by atoms with E-state index in [0.717, 1.165) is 11.1 Å². The van der Waals surface area contributed by atoms with E-state index in [4.69, 9.17) is 23.7 Å². The summed E-state index contributed by atoms with van der Waals surface area (Å²) in [5, 5.41) is 8.86. The fourth-order valence-corrected chi connectivity index (χ4v) is 5.28. The van der Waals surface area contributed by atoms with Crippen molar-refractivity contribution in [1.82, 2.24) is 5.32 Å². The molecule has 0 fully saturated rings. The summed E-state index contributed by atoms with van der Waals surface area (Å²) in [6.07, 6.45) is 1.12. The molecule has 11 nitrogen and oxygen atoms in total. The topological polar surface area (TPSA) is 133 Å². The van der Waals surface area contributed by atoms with Gasteiger partial charge in [-0.25, -0.2) is 0 Å². The molecule has 3 aromatic rings. The van der Waals surface area contributed by atoms with E-state index in [-0.39, 0.29) is 22.9 Å². The number of fused-ring (bicyclic) bond motifs is 3. The molecule has 1 aliphatic carbocycles. The second-order valence-electron chi connectivity index (χ2n) is 10.0. The van der Waals surface area contributed by atoms with Crippen molar-refractivity contribution in [1.29, 1.82) is 0 Å². The predicted octanol–water partition coefficient (Wildman–Crippen LogP) is 4.32. The van der Waals surface area contributed by atoms with Crippen molar-refractivity contribution >= 4 is 23.2 Å². The van der Waals surface area contributed by atoms with Crippen LogP contribution in [0.2, 0.25) is 0 Å². The lowest BCUT2D eigenvalue weighted by atomic mass is 9.95. The van der Waals surface area contributed by atoms with Gasteiger partial charge in [0.05, 0.1) is 53.0 Å². The summed E-state index contributed by atoms with van der Waals surface area (Å²) in [5.41, 5.74) is 3.24. The maximum Gasteiger partial charge on any atom is 0.246 e. The molecule has 43 heavy (non-hydrogen) atoms. The van der Waals surface area contributed by atoms with E-state index in [0.29, 0.717) is 58.4 Å². The average Bonchev–Trinajstić information content (AvgIpc) is 3.24. The molecule has 228 valence electrons. The smallest absolute Gasteiger partial charge is 0.246 e. The van der Waals surface area contributed by atoms with Gasteiger partial charge in [0, 0.05) is 18.6 Å². The lowest BCUT2D eigenvalue weighted by Gasteiger charge is -2.19. The van der Waals surface area contributed by atoms with Crippen LogP contribution in [0, 0.1) is 0 Å². The van der Waals surface area contributed by atoms with E-state index < -0.39 is 12.1 Å². The Morgan fingerprint density at radius 1 is 0.837 bits per heavy atom. The van der Waals surface area contributed by atoms with Crippen LogP contribution in [0.3, 0.4) is 0 Å². The summed E-state index contributed by atoms with van der Waals surface area (Å²) in [5.74, 6) is 1.78. The zero-order chi connectivity index (χ0) is 31.3. The van der Waals surface area contributed by atoms with Crippen molar-refractivity contribution in [3.63, 3.8) is 0 Å². The van der Waals surface area contributed by atoms with Gasteiger partial charge in [0.25, 0.3) is 0 Å². The van der Waals surface area contributed by atoms with Crippen LogP contribution in [0.4, 0.5) is 11.4 Å². The molecule has 2 atom stereocenters. The third kappa shape index (κ3) is 6.45. The van der Waals surface area contributed by atoms with Gasteiger partial charge in [-0.2, -0.15) is 0 Å². The number of carbonyl (C=O) groups is 2. The zero-order valence-corrected chi connectivity index (χ0v) is 25.4. The van der Waals surface area contributed by atoms with Gasteiger partial charge < -0.3 is 39.6 Å². The third-order valence-corrected chi connectivity index (χ3v) is 7.35. The van der Waals surface area contributed by atoms with E-state index >= 15 is 0 Å². The Morgan fingerprint density at radius 3 is 2.19 bits per heavy atom. The Morgan fingerprint density at radius 2 is 1.56 bits per heavy atom. The van der Waals surface area contributed by atoms with E-state index in [2.05, 4.69) is 16.0 Å². The standard InChI is InChI=1S/C32H37N3O8/c1-17(32(38)35-25-15-20(39-3)9-13-27(25)40-4)33-24-12-10-21-22(16-26(24)37)23(34-18(2)36)11-8-19-14-28(41-5)30(42-6)31(43-7)29(19)21/h9-10,12-17,23H,8,11H2,1-7H3,(H,33,37)(H,34,36)(H,35,38). The van der Waals surface area contributed by atoms with Crippen molar-refractivity contribution in [3.05, 3.63) is 63.8 Å². The van der Waals surface area contributed by atoms with Crippen LogP contribution in [-0.4, -0.2) is 53.4 Å². The summed E-state index contributed by atoms with van der Waals surface area (Å²) < 4.78 is 27.7. The summed E-state index contributed by atoms with van der Waals surface area (Å²) in [7, 11) is 7.66. The van der Waals surface area contributed by atoms with E-state index in [1.54, 1.807) is 51.5 Å². The number of rotatable bonds is 10. The molecular formula is C32H37N3O8. The highest BCUT2D eigenvalue weighted by atomic mass is 16.5. The first-order chi connectivity index (χ1) is 20.6. The molecule has 0 aromatic heterocycles. The van der Waals surface area contributed by atoms with Crippen molar-refractivity contribution < 1.29 is 33.3 Å². The van der Waals surface area contributed by atoms with Crippen LogP contribution in [0.15, 0.2) is 47.3 Å². The Hall–Kier alpha value is -4.93. The normalized spacial score (nSPS) is 14.2. The number of carbonyl (C=O) groups excluding carboxylic acids is 2. The average molecular weight is 592 g/mol. The molecule has 11 heteroatoms. The van der Waals surface area contributed by atoms with Crippen molar-refractivity contribution in [3.8, 4) is 39.9 Å². The number of hydrogen-bond acceptors (Lipinski definition) is 9. The van der Waals surface area contributed by atoms with Gasteiger partial charge in [0.2, 0.25) is 23.0 Å². The Bertz CT molecular complexity index is 1590. The lowest BCUT2D eigenvalue weighted by molar-refractivity contribution is -0.119. The summed E-state index contributed by atoms with van der Waals surface area (Å²) >= 11 is 0. The van der Waals surface area contributed by atoms with E-state index in [1.165, 1.54) is 34.3 Å². The largest absolute Gasteiger partial charge is 0.497 e. The molecule has 1 aliphatic rings. The molecule has 3 aromatic carbocycles. The number of aryl methyl sites for hydroxylation is 1. The highest BCUT2D eigenvalue weighted by Crippen LogP contribution is 2.50. The molecule has 0 heterocycles. The quantitative estimate of drug-likeness (QED) is 0.315. The molecule has 4 rings (SSSR count). The monoisotopic (exact) mass is 591 g/mol. The minimum Gasteiger partial charge on any atom is -0.497 e. The van der Waals surface area contributed by atoms with E-state index in [1.807, 2.05) is 6.07 Å². The zero-order valence-electron chi connectivity index (χ0n) is 25.4. The van der Waals surface area contributed by atoms with Gasteiger partial charge in [-0.05, 0) is 66.8 Å². The number of methoxy groups -OCH3 is 5. The maximum atomic E-state index is 13.6. The summed E-state index contributed by atoms with van der Waals surface area (Å²) in [6, 6.07) is 10.6. The highest BCUT2D eigenvalue weighted by Gasteiger charge is 2.29. The van der Waals surface area contributed by atoms with Gasteiger partial charge in [-0.15, -0.1) is 0 Å². The number of amides is 2. The van der Waals surface area contributed by atoms with Crippen molar-refractivity contribution in [2.75, 3.05) is 46.2 Å². The maximum absolute atomic E-state index is 13.6. The first kappa shape index (κ1) is 31.0. The first-order valence-corrected chi connectivity index (χ1v) is 13.7. The van der Waals surface area contributed by atoms with Crippen LogP contribution in [0.1, 0.15) is 37.4 Å². The Balaban J connectivity index is 1.78. The molecule has 2 unspecified atom stereocenters. The minimum atomic E-state index is -0.803. The molecule has 0 bridgehead atoms. The lowest BCUT2D eigenvalue weighted by Crippen LogP contribution is -2.33. The molecular weight excluding hydrogens is 554 g/mol. The van der Waals surface area contributed by atoms with Gasteiger partial charge in [0.15, 0.2) is 11.5 Å². The van der Waals surface area contributed by atoms with Crippen LogP contribution in [0.5, 0.6) is 28.7 Å². The molecule has 0 spiro atoms. The number of benzene rings is 2. The van der Waals surface area contributed by atoms with Gasteiger partial charge >= 0.3 is 0 Å². The van der Waals surface area contributed by atoms with Crippen molar-refractivity contribution in [2.24, 2.45) is 0 Å². The third-order valence-electron chi connectivity index (χ3n) is 7.35. The molecule has 0 saturated carbocycles. The van der Waals surface area contributed by atoms with Gasteiger partial charge in [-0.1, -0.05) is 6.07 Å². The summed E-state index contributed by atoms with van der Waals surface area (Å²) in [6.45, 7) is 3.09. The minimum absolute atomic E-state index is 0.205. The SMILES string of the molecule is COc1ccc(OC)c(NC(=O)C(C)Nc2ccc3c(cc2=O)C(NC(C)=O)CCc2cc(OC)c(OC)c(OC)c2-3)c1. The molecule has 2 amide bonds. The molecule has 0 aliphatic heterocycles. The first-order valence-electron chi connectivity index (χ1n) is 13.7. The van der Waals surface area contributed by atoms with E-state index in [9.17, 15) is 14.4 Å². The number of nitrogens with one attached hydrogen (secondary N) is 3. The fraction of sp³-hybridized carbons (Fsp3) is 0.344. The second-order valence-corrected chi connectivity index (χ2v) is 10.0. The molecule has 0 saturated heterocycles. The number of hydrogen-bond donors (Lipinski definition) is 3. The second kappa shape index (κ2) is 13.4. The van der Waals surface area contributed by atoms with Crippen LogP contribution in [0.25, 0.3) is 11.1 Å². The number of ether oxygens (including phenoxy) is 5. The van der Waals surface area contributed by atoms with Crippen LogP contribution in [-0.2, 0) is 16.0 Å². The van der Waals surface area contributed by atoms with Crippen LogP contribution >= 0.6 is 0 Å². The number of anilines is 2. The molecule has 0 radical (unpaired) electrons. The summed E-state index contributed by atoms with van der Waals surface area (Å²) in [4.78, 5) is 39.0. The fourth-order valence-electron chi connectivity index (χ4n) is 5.28.